The predicted octanol–water partition coefficient (Wildman–Crippen LogP) is 5.42. The number of nitrogens with zero attached hydrogens (tertiary/aromatic N) is 3. The van der Waals surface area contributed by atoms with Gasteiger partial charge in [0, 0.05) is 16.6 Å². The normalized spacial score (nSPS) is 21.9. The van der Waals surface area contributed by atoms with Crippen molar-refractivity contribution in [3.63, 3.8) is 0 Å². The van der Waals surface area contributed by atoms with Crippen molar-refractivity contribution >= 4 is 28.9 Å². The summed E-state index contributed by atoms with van der Waals surface area (Å²) in [5, 5.41) is 0.832. The van der Waals surface area contributed by atoms with Crippen LogP contribution in [0.5, 0.6) is 5.75 Å². The molecule has 7 nitrogen and oxygen atoms in total. The average Bonchev–Trinajstić information content (AvgIpc) is 3.25. The fraction of sp³-hybridized carbons (Fsp3) is 0.407. The third-order valence-corrected chi connectivity index (χ3v) is 7.66. The first-order valence-corrected chi connectivity index (χ1v) is 12.9. The molecule has 0 radical (unpaired) electrons. The van der Waals surface area contributed by atoms with Crippen molar-refractivity contribution in [2.75, 3.05) is 11.4 Å². The monoisotopic (exact) mass is 491 g/mol. The van der Waals surface area contributed by atoms with E-state index in [1.54, 1.807) is 24.5 Å². The highest BCUT2D eigenvalue weighted by molar-refractivity contribution is 7.15. The number of esters is 1. The van der Waals surface area contributed by atoms with Crippen molar-refractivity contribution in [3.05, 3.63) is 47.5 Å². The van der Waals surface area contributed by atoms with Crippen LogP contribution < -0.4 is 9.64 Å². The van der Waals surface area contributed by atoms with E-state index in [9.17, 15) is 9.59 Å². The minimum Gasteiger partial charge on any atom is -0.479 e. The van der Waals surface area contributed by atoms with Crippen molar-refractivity contribution in [3.8, 4) is 27.7 Å². The summed E-state index contributed by atoms with van der Waals surface area (Å²) in [6.07, 6.45) is 4.89. The number of carbonyl (C=O) groups excluding carboxylic acids is 2. The quantitative estimate of drug-likeness (QED) is 0.444. The van der Waals surface area contributed by atoms with Crippen molar-refractivity contribution in [2.24, 2.45) is 5.92 Å². The number of hydrogen-bond acceptors (Lipinski definition) is 7. The summed E-state index contributed by atoms with van der Waals surface area (Å²) in [5.41, 5.74) is 3.05. The molecule has 1 aliphatic heterocycles. The average molecular weight is 492 g/mol. The highest BCUT2D eigenvalue weighted by Crippen LogP contribution is 2.40. The van der Waals surface area contributed by atoms with Gasteiger partial charge in [-0.25, -0.2) is 4.98 Å². The molecule has 2 aromatic heterocycles. The molecule has 1 fully saturated rings. The maximum atomic E-state index is 13.0. The van der Waals surface area contributed by atoms with Crippen LogP contribution in [0.2, 0.25) is 0 Å². The smallest absolute Gasteiger partial charge is 0.326 e. The summed E-state index contributed by atoms with van der Waals surface area (Å²) in [6.45, 7) is 5.81. The van der Waals surface area contributed by atoms with Crippen LogP contribution in [0.3, 0.4) is 0 Å². The number of rotatable bonds is 5. The Balaban J connectivity index is 1.41. The molecule has 8 heteroatoms. The lowest BCUT2D eigenvalue weighted by Crippen LogP contribution is -2.47. The van der Waals surface area contributed by atoms with Crippen LogP contribution >= 0.6 is 11.3 Å². The third-order valence-electron chi connectivity index (χ3n) is 6.67. The second kappa shape index (κ2) is 9.77. The Morgan fingerprint density at radius 3 is 2.71 bits per heavy atom. The topological polar surface area (TPSA) is 81.6 Å². The summed E-state index contributed by atoms with van der Waals surface area (Å²) in [7, 11) is 0. The summed E-state index contributed by atoms with van der Waals surface area (Å²) in [5.74, 6) is 0.598. The van der Waals surface area contributed by atoms with Gasteiger partial charge in [-0.05, 0) is 75.8 Å². The fourth-order valence-electron chi connectivity index (χ4n) is 4.68. The Morgan fingerprint density at radius 2 is 1.97 bits per heavy atom. The summed E-state index contributed by atoms with van der Waals surface area (Å²) < 4.78 is 11.6. The Kier molecular flexibility index (Phi) is 6.56. The molecule has 1 aromatic carbocycles. The first kappa shape index (κ1) is 23.5. The van der Waals surface area contributed by atoms with E-state index in [0.717, 1.165) is 52.5 Å². The fourth-order valence-corrected chi connectivity index (χ4v) is 5.59. The standard InChI is InChI=1S/C27H29N3O4S/c1-16-7-10-20(11-8-16)34-24(31)15-30-22-14-19(9-12-23(22)33-17(2)27(30)32)25-18(3)35-26(29-25)21-6-4-5-13-28-21/h4-6,9,12-14,16-17,20H,7-8,10-11,15H2,1-3H3. The molecule has 1 amide bonds. The molecule has 5 rings (SSSR count). The van der Waals surface area contributed by atoms with Gasteiger partial charge in [0.15, 0.2) is 6.10 Å². The Hall–Kier alpha value is -3.26. The molecule has 3 aromatic rings. The van der Waals surface area contributed by atoms with Crippen molar-refractivity contribution < 1.29 is 19.1 Å². The number of fused-ring (bicyclic) bond motifs is 1. The van der Waals surface area contributed by atoms with Gasteiger partial charge in [-0.2, -0.15) is 0 Å². The predicted molar refractivity (Wildman–Crippen MR) is 135 cm³/mol. The van der Waals surface area contributed by atoms with E-state index in [-0.39, 0.29) is 24.5 Å². The van der Waals surface area contributed by atoms with Gasteiger partial charge in [-0.15, -0.1) is 11.3 Å². The van der Waals surface area contributed by atoms with Gasteiger partial charge < -0.3 is 9.47 Å². The Morgan fingerprint density at radius 1 is 1.17 bits per heavy atom. The summed E-state index contributed by atoms with van der Waals surface area (Å²) in [6, 6.07) is 11.4. The van der Waals surface area contributed by atoms with E-state index in [2.05, 4.69) is 11.9 Å². The molecular formula is C27H29N3O4S. The second-order valence-electron chi connectivity index (χ2n) is 9.38. The first-order chi connectivity index (χ1) is 16.9. The van der Waals surface area contributed by atoms with E-state index in [1.165, 1.54) is 4.90 Å². The molecule has 2 aliphatic rings. The molecule has 0 N–H and O–H groups in total. The van der Waals surface area contributed by atoms with Crippen LogP contribution in [0.25, 0.3) is 22.0 Å². The lowest BCUT2D eigenvalue weighted by molar-refractivity contribution is -0.150. The van der Waals surface area contributed by atoms with Gasteiger partial charge in [-0.3, -0.25) is 19.5 Å². The lowest BCUT2D eigenvalue weighted by Gasteiger charge is -2.33. The number of ether oxygens (including phenoxy) is 2. The minimum absolute atomic E-state index is 0.0688. The van der Waals surface area contributed by atoms with Gasteiger partial charge >= 0.3 is 5.97 Å². The van der Waals surface area contributed by atoms with Crippen molar-refractivity contribution in [1.82, 2.24) is 9.97 Å². The molecule has 0 saturated heterocycles. The number of thiazole rings is 1. The molecular weight excluding hydrogens is 462 g/mol. The molecule has 1 saturated carbocycles. The van der Waals surface area contributed by atoms with Gasteiger partial charge in [0.1, 0.15) is 23.4 Å². The van der Waals surface area contributed by atoms with E-state index in [4.69, 9.17) is 14.5 Å². The molecule has 1 atom stereocenters. The van der Waals surface area contributed by atoms with E-state index in [0.29, 0.717) is 17.4 Å². The molecule has 3 heterocycles. The summed E-state index contributed by atoms with van der Waals surface area (Å²) in [4.78, 5) is 37.6. The van der Waals surface area contributed by atoms with Gasteiger partial charge in [0.2, 0.25) is 0 Å². The number of amides is 1. The van der Waals surface area contributed by atoms with Crippen molar-refractivity contribution in [1.29, 1.82) is 0 Å². The van der Waals surface area contributed by atoms with E-state index >= 15 is 0 Å². The van der Waals surface area contributed by atoms with Crippen LogP contribution in [-0.2, 0) is 14.3 Å². The number of aromatic nitrogens is 2. The Bertz CT molecular complexity index is 1230. The number of anilines is 1. The zero-order valence-electron chi connectivity index (χ0n) is 20.2. The largest absolute Gasteiger partial charge is 0.479 e. The minimum atomic E-state index is -0.673. The second-order valence-corrected chi connectivity index (χ2v) is 10.6. The molecule has 182 valence electrons. The Labute approximate surface area is 209 Å². The highest BCUT2D eigenvalue weighted by atomic mass is 32.1. The maximum Gasteiger partial charge on any atom is 0.326 e. The maximum absolute atomic E-state index is 13.0. The lowest BCUT2D eigenvalue weighted by atomic mass is 9.89. The zero-order chi connectivity index (χ0) is 24.5. The van der Waals surface area contributed by atoms with Gasteiger partial charge in [0.05, 0.1) is 17.1 Å². The van der Waals surface area contributed by atoms with Gasteiger partial charge in [0.25, 0.3) is 5.91 Å². The molecule has 35 heavy (non-hydrogen) atoms. The molecule has 1 unspecified atom stereocenters. The first-order valence-electron chi connectivity index (χ1n) is 12.1. The summed E-state index contributed by atoms with van der Waals surface area (Å²) >= 11 is 1.57. The molecule has 0 spiro atoms. The molecule has 1 aliphatic carbocycles. The van der Waals surface area contributed by atoms with E-state index < -0.39 is 6.10 Å². The van der Waals surface area contributed by atoms with Gasteiger partial charge in [-0.1, -0.05) is 13.0 Å². The highest BCUT2D eigenvalue weighted by Gasteiger charge is 2.34. The SMILES string of the molecule is Cc1sc(-c2ccccn2)nc1-c1ccc2c(c1)N(CC(=O)OC1CCC(C)CC1)C(=O)C(C)O2. The zero-order valence-corrected chi connectivity index (χ0v) is 21.0. The van der Waals surface area contributed by atoms with Crippen molar-refractivity contribution in [2.45, 2.75) is 58.7 Å². The van der Waals surface area contributed by atoms with Crippen LogP contribution in [-0.4, -0.2) is 40.6 Å². The number of hydrogen-bond donors (Lipinski definition) is 0. The third kappa shape index (κ3) is 4.93. The van der Waals surface area contributed by atoms with E-state index in [1.807, 2.05) is 43.3 Å². The van der Waals surface area contributed by atoms with Crippen LogP contribution in [0.1, 0.15) is 44.4 Å². The number of aryl methyl sites for hydroxylation is 1. The van der Waals surface area contributed by atoms with Crippen LogP contribution in [0.15, 0.2) is 42.6 Å². The van der Waals surface area contributed by atoms with Crippen LogP contribution in [0, 0.1) is 12.8 Å². The van der Waals surface area contributed by atoms with Crippen LogP contribution in [0.4, 0.5) is 5.69 Å². The number of carbonyl (C=O) groups is 2. The number of benzene rings is 1. The number of pyridine rings is 1. The molecule has 0 bridgehead atoms.